The molecule has 0 aliphatic carbocycles. The average molecular weight is 375 g/mol. The Hall–Kier alpha value is -3.72. The fourth-order valence-corrected chi connectivity index (χ4v) is 3.72. The minimum atomic E-state index is 0.139. The number of benzene rings is 3. The first kappa shape index (κ1) is 17.4. The summed E-state index contributed by atoms with van der Waals surface area (Å²) in [4.78, 5) is 4.88. The van der Waals surface area contributed by atoms with Gasteiger partial charge in [0.05, 0.1) is 17.3 Å². The van der Waals surface area contributed by atoms with Crippen molar-refractivity contribution in [1.29, 1.82) is 0 Å². The Bertz CT molecular complexity index is 1180. The fraction of sp³-hybridized carbons (Fsp3) is 0.0769. The first-order valence-electron chi connectivity index (χ1n) is 9.87. The lowest BCUT2D eigenvalue weighted by atomic mass is 10.0. The molecule has 3 nitrogen and oxygen atoms in total. The molecule has 29 heavy (non-hydrogen) atoms. The molecule has 0 unspecified atom stereocenters. The first-order valence-corrected chi connectivity index (χ1v) is 9.87. The van der Waals surface area contributed by atoms with Crippen molar-refractivity contribution in [2.24, 2.45) is 5.10 Å². The maximum Gasteiger partial charge on any atom is 0.150 e. The molecule has 0 amide bonds. The van der Waals surface area contributed by atoms with Crippen LogP contribution < -0.4 is 5.01 Å². The van der Waals surface area contributed by atoms with Crippen LogP contribution in [0.5, 0.6) is 0 Å². The van der Waals surface area contributed by atoms with Gasteiger partial charge in [-0.15, -0.1) is 0 Å². The molecule has 0 saturated carbocycles. The second kappa shape index (κ2) is 7.72. The van der Waals surface area contributed by atoms with Gasteiger partial charge in [-0.25, -0.2) is 9.99 Å². The Balaban J connectivity index is 1.52. The smallest absolute Gasteiger partial charge is 0.150 e. The van der Waals surface area contributed by atoms with E-state index < -0.39 is 0 Å². The van der Waals surface area contributed by atoms with Crippen molar-refractivity contribution < 1.29 is 0 Å². The van der Waals surface area contributed by atoms with Gasteiger partial charge in [-0.05, 0) is 35.4 Å². The van der Waals surface area contributed by atoms with Gasteiger partial charge in [0.2, 0.25) is 0 Å². The monoisotopic (exact) mass is 375 g/mol. The third-order valence-electron chi connectivity index (χ3n) is 5.20. The summed E-state index contributed by atoms with van der Waals surface area (Å²) in [6, 6.07) is 33.4. The number of fused-ring (bicyclic) bond motifs is 1. The minimum absolute atomic E-state index is 0.139. The molecule has 0 fully saturated rings. The number of aromatic nitrogens is 1. The molecule has 0 saturated heterocycles. The van der Waals surface area contributed by atoms with E-state index in [9.17, 15) is 0 Å². The van der Waals surface area contributed by atoms with E-state index in [-0.39, 0.29) is 6.04 Å². The van der Waals surface area contributed by atoms with Crippen molar-refractivity contribution in [2.75, 3.05) is 5.01 Å². The molecule has 2 heterocycles. The molecule has 0 spiro atoms. The van der Waals surface area contributed by atoms with Gasteiger partial charge in [-0.1, -0.05) is 84.9 Å². The van der Waals surface area contributed by atoms with Crippen LogP contribution in [0.2, 0.25) is 0 Å². The number of pyridine rings is 1. The molecule has 4 aromatic rings. The zero-order valence-corrected chi connectivity index (χ0v) is 16.0. The van der Waals surface area contributed by atoms with Crippen LogP contribution in [0.4, 0.5) is 5.82 Å². The zero-order valence-electron chi connectivity index (χ0n) is 16.0. The topological polar surface area (TPSA) is 28.5 Å². The van der Waals surface area contributed by atoms with Gasteiger partial charge in [0.25, 0.3) is 0 Å². The van der Waals surface area contributed by atoms with Crippen LogP contribution in [0.3, 0.4) is 0 Å². The molecule has 0 N–H and O–H groups in total. The highest BCUT2D eigenvalue weighted by Crippen LogP contribution is 2.35. The number of anilines is 1. The van der Waals surface area contributed by atoms with Crippen LogP contribution in [0.25, 0.3) is 17.0 Å². The minimum Gasteiger partial charge on any atom is -0.240 e. The van der Waals surface area contributed by atoms with Gasteiger partial charge in [0.1, 0.15) is 5.82 Å². The molecule has 1 aliphatic heterocycles. The Kier molecular flexibility index (Phi) is 4.63. The molecule has 3 aromatic carbocycles. The molecule has 140 valence electrons. The van der Waals surface area contributed by atoms with Crippen molar-refractivity contribution in [3.63, 3.8) is 0 Å². The Morgan fingerprint density at radius 3 is 2.28 bits per heavy atom. The van der Waals surface area contributed by atoms with E-state index in [1.807, 2.05) is 42.5 Å². The number of allylic oxidation sites excluding steroid dienone is 1. The highest BCUT2D eigenvalue weighted by molar-refractivity contribution is 6.01. The highest BCUT2D eigenvalue weighted by Gasteiger charge is 2.29. The van der Waals surface area contributed by atoms with Crippen LogP contribution in [0, 0.1) is 0 Å². The Labute approximate surface area is 170 Å². The van der Waals surface area contributed by atoms with Gasteiger partial charge >= 0.3 is 0 Å². The van der Waals surface area contributed by atoms with Gasteiger partial charge in [0.15, 0.2) is 0 Å². The average Bonchev–Trinajstić information content (AvgIpc) is 3.23. The lowest BCUT2D eigenvalue weighted by Gasteiger charge is -2.23. The fourth-order valence-electron chi connectivity index (χ4n) is 3.72. The summed E-state index contributed by atoms with van der Waals surface area (Å²) < 4.78 is 0. The third kappa shape index (κ3) is 3.67. The van der Waals surface area contributed by atoms with Crippen molar-refractivity contribution in [3.8, 4) is 0 Å². The summed E-state index contributed by atoms with van der Waals surface area (Å²) in [6.07, 6.45) is 5.09. The maximum absolute atomic E-state index is 4.94. The SMILES string of the molecule is C(=C\c1ccccc1)/C1=NN(c2ccc3ccccc3n2)[C@H](c2ccccc2)C1. The van der Waals surface area contributed by atoms with Gasteiger partial charge in [-0.2, -0.15) is 5.10 Å². The molecule has 1 aromatic heterocycles. The van der Waals surface area contributed by atoms with Crippen LogP contribution in [0.1, 0.15) is 23.6 Å². The lowest BCUT2D eigenvalue weighted by molar-refractivity contribution is 0.700. The number of rotatable bonds is 4. The summed E-state index contributed by atoms with van der Waals surface area (Å²) >= 11 is 0. The van der Waals surface area contributed by atoms with Crippen molar-refractivity contribution in [1.82, 2.24) is 4.98 Å². The normalized spacial score (nSPS) is 16.5. The number of para-hydroxylation sites is 1. The molecule has 3 heteroatoms. The van der Waals surface area contributed by atoms with E-state index in [0.29, 0.717) is 0 Å². The van der Waals surface area contributed by atoms with Crippen molar-refractivity contribution in [2.45, 2.75) is 12.5 Å². The van der Waals surface area contributed by atoms with E-state index in [1.54, 1.807) is 0 Å². The van der Waals surface area contributed by atoms with E-state index in [1.165, 1.54) is 11.1 Å². The van der Waals surface area contributed by atoms with Crippen LogP contribution in [-0.2, 0) is 0 Å². The predicted octanol–water partition coefficient (Wildman–Crippen LogP) is 6.26. The van der Waals surface area contributed by atoms with E-state index in [4.69, 9.17) is 10.1 Å². The molecule has 0 radical (unpaired) electrons. The summed E-state index contributed by atoms with van der Waals surface area (Å²) in [5, 5.41) is 8.14. The van der Waals surface area contributed by atoms with E-state index in [2.05, 4.69) is 71.8 Å². The maximum atomic E-state index is 4.94. The standard InChI is InChI=1S/C26H21N3/c1-3-9-20(10-4-1)15-17-23-19-25(22-12-5-2-6-13-22)29(28-23)26-18-16-21-11-7-8-14-24(21)27-26/h1-18,25H,19H2/b17-15+/t25-/m0/s1. The van der Waals surface area contributed by atoms with E-state index >= 15 is 0 Å². The van der Waals surface area contributed by atoms with Crippen molar-refractivity contribution >= 4 is 28.5 Å². The zero-order chi connectivity index (χ0) is 19.5. The Morgan fingerprint density at radius 1 is 0.724 bits per heavy atom. The number of hydrogen-bond acceptors (Lipinski definition) is 3. The lowest BCUT2D eigenvalue weighted by Crippen LogP contribution is -2.19. The predicted molar refractivity (Wildman–Crippen MR) is 121 cm³/mol. The molecule has 1 aliphatic rings. The Morgan fingerprint density at radius 2 is 1.45 bits per heavy atom. The highest BCUT2D eigenvalue weighted by atomic mass is 15.5. The second-order valence-electron chi connectivity index (χ2n) is 7.17. The van der Waals surface area contributed by atoms with Crippen molar-refractivity contribution in [3.05, 3.63) is 114 Å². The first-order chi connectivity index (χ1) is 14.4. The van der Waals surface area contributed by atoms with Gasteiger partial charge < -0.3 is 0 Å². The summed E-state index contributed by atoms with van der Waals surface area (Å²) in [5.74, 6) is 0.876. The quantitative estimate of drug-likeness (QED) is 0.421. The summed E-state index contributed by atoms with van der Waals surface area (Å²) in [7, 11) is 0. The molecular formula is C26H21N3. The third-order valence-corrected chi connectivity index (χ3v) is 5.20. The molecule has 0 bridgehead atoms. The molecular weight excluding hydrogens is 354 g/mol. The van der Waals surface area contributed by atoms with E-state index in [0.717, 1.165) is 28.9 Å². The van der Waals surface area contributed by atoms with Gasteiger partial charge in [-0.3, -0.25) is 0 Å². The van der Waals surface area contributed by atoms with Crippen LogP contribution in [0.15, 0.2) is 108 Å². The van der Waals surface area contributed by atoms with Crippen LogP contribution in [-0.4, -0.2) is 10.7 Å². The van der Waals surface area contributed by atoms with Crippen LogP contribution >= 0.6 is 0 Å². The molecule has 5 rings (SSSR count). The molecule has 1 atom stereocenters. The summed E-state index contributed by atoms with van der Waals surface area (Å²) in [5.41, 5.74) is 4.46. The number of hydrazone groups is 1. The largest absolute Gasteiger partial charge is 0.240 e. The number of hydrogen-bond donors (Lipinski definition) is 0. The second-order valence-corrected chi connectivity index (χ2v) is 7.17. The summed E-state index contributed by atoms with van der Waals surface area (Å²) in [6.45, 7) is 0. The number of nitrogens with zero attached hydrogens (tertiary/aromatic N) is 3. The van der Waals surface area contributed by atoms with Gasteiger partial charge in [0, 0.05) is 11.8 Å².